The molecule has 0 bridgehead atoms. The number of nitrogens with zero attached hydrogens (tertiary/aromatic N) is 1. The lowest BCUT2D eigenvalue weighted by Crippen LogP contribution is -2.35. The highest BCUT2D eigenvalue weighted by Crippen LogP contribution is 2.13. The van der Waals surface area contributed by atoms with Crippen molar-refractivity contribution in [2.24, 2.45) is 0 Å². The molecule has 5 heteroatoms. The molecule has 0 saturated heterocycles. The molecule has 31 heavy (non-hydrogen) atoms. The zero-order valence-electron chi connectivity index (χ0n) is 20.7. The van der Waals surface area contributed by atoms with Crippen molar-refractivity contribution < 1.29 is 14.7 Å². The minimum atomic E-state index is -0.787. The number of carbonyl (C=O) groups is 2. The fourth-order valence-corrected chi connectivity index (χ4v) is 3.81. The standard InChI is InChI=1S/C26H50N2O3/c1-4-5-6-7-8-9-10-11-12-13-14-15-16-17-18-22-25(29)27-23-20-19-21-24(26(30)31)28(2)3/h18,22,24H,4-17,19-21,23H2,1-3H3,(H,27,29)(H,30,31)/b22-18+/t24-/m0/s1. The summed E-state index contributed by atoms with van der Waals surface area (Å²) in [6, 6.07) is -0.448. The molecule has 0 fully saturated rings. The first kappa shape index (κ1) is 29.6. The van der Waals surface area contributed by atoms with Gasteiger partial charge in [0.15, 0.2) is 0 Å². The van der Waals surface area contributed by atoms with Crippen molar-refractivity contribution in [3.8, 4) is 0 Å². The molecule has 5 nitrogen and oxygen atoms in total. The van der Waals surface area contributed by atoms with Crippen LogP contribution in [0, 0.1) is 0 Å². The van der Waals surface area contributed by atoms with Crippen LogP contribution in [0.15, 0.2) is 12.2 Å². The van der Waals surface area contributed by atoms with Gasteiger partial charge in [-0.2, -0.15) is 0 Å². The predicted octanol–water partition coefficient (Wildman–Crippen LogP) is 6.33. The molecule has 0 spiro atoms. The molecule has 0 radical (unpaired) electrons. The number of hydrogen-bond donors (Lipinski definition) is 2. The Balaban J connectivity index is 3.42. The Hall–Kier alpha value is -1.36. The molecule has 1 amide bonds. The summed E-state index contributed by atoms with van der Waals surface area (Å²) in [5.74, 6) is -0.831. The third kappa shape index (κ3) is 20.3. The van der Waals surface area contributed by atoms with E-state index in [4.69, 9.17) is 5.11 Å². The predicted molar refractivity (Wildman–Crippen MR) is 131 cm³/mol. The summed E-state index contributed by atoms with van der Waals surface area (Å²) < 4.78 is 0. The molecule has 0 aromatic rings. The zero-order chi connectivity index (χ0) is 23.2. The SMILES string of the molecule is CCCCCCCCCCCCCCC/C=C/C(=O)NCCCC[C@@H](C(=O)O)N(C)C. The van der Waals surface area contributed by atoms with Gasteiger partial charge in [0.25, 0.3) is 0 Å². The first-order chi connectivity index (χ1) is 15.0. The molecule has 0 aliphatic heterocycles. The maximum absolute atomic E-state index is 11.8. The molecule has 0 aromatic heterocycles. The number of amides is 1. The Morgan fingerprint density at radius 2 is 1.32 bits per heavy atom. The number of unbranched alkanes of at least 4 members (excludes halogenated alkanes) is 14. The third-order valence-corrected chi connectivity index (χ3v) is 5.86. The Morgan fingerprint density at radius 3 is 1.81 bits per heavy atom. The summed E-state index contributed by atoms with van der Waals surface area (Å²) >= 11 is 0. The van der Waals surface area contributed by atoms with Crippen LogP contribution in [-0.2, 0) is 9.59 Å². The van der Waals surface area contributed by atoms with Gasteiger partial charge in [0.05, 0.1) is 0 Å². The number of allylic oxidation sites excluding steroid dienone is 1. The fraction of sp³-hybridized carbons (Fsp3) is 0.846. The summed E-state index contributed by atoms with van der Waals surface area (Å²) in [4.78, 5) is 24.6. The maximum Gasteiger partial charge on any atom is 0.320 e. The van der Waals surface area contributed by atoms with E-state index in [-0.39, 0.29) is 5.91 Å². The van der Waals surface area contributed by atoms with Gasteiger partial charge in [-0.25, -0.2) is 0 Å². The number of carbonyl (C=O) groups excluding carboxylic acids is 1. The summed E-state index contributed by atoms with van der Waals surface area (Å²) in [5, 5.41) is 12.0. The topological polar surface area (TPSA) is 69.6 Å². The van der Waals surface area contributed by atoms with Crippen molar-refractivity contribution in [3.63, 3.8) is 0 Å². The molecule has 0 aliphatic carbocycles. The smallest absolute Gasteiger partial charge is 0.320 e. The normalized spacial score (nSPS) is 12.5. The Labute approximate surface area is 192 Å². The average Bonchev–Trinajstić information content (AvgIpc) is 2.72. The molecule has 2 N–H and O–H groups in total. The van der Waals surface area contributed by atoms with E-state index in [1.54, 1.807) is 25.1 Å². The quantitative estimate of drug-likeness (QED) is 0.153. The van der Waals surface area contributed by atoms with Crippen molar-refractivity contribution in [1.82, 2.24) is 10.2 Å². The van der Waals surface area contributed by atoms with E-state index in [2.05, 4.69) is 12.2 Å². The van der Waals surface area contributed by atoms with E-state index >= 15 is 0 Å². The Kier molecular flexibility index (Phi) is 20.9. The van der Waals surface area contributed by atoms with Crippen LogP contribution in [0.2, 0.25) is 0 Å². The van der Waals surface area contributed by atoms with Gasteiger partial charge in [-0.1, -0.05) is 90.0 Å². The summed E-state index contributed by atoms with van der Waals surface area (Å²) in [7, 11) is 3.56. The molecule has 1 atom stereocenters. The minimum Gasteiger partial charge on any atom is -0.480 e. The van der Waals surface area contributed by atoms with Crippen molar-refractivity contribution in [3.05, 3.63) is 12.2 Å². The van der Waals surface area contributed by atoms with E-state index in [1.165, 1.54) is 77.0 Å². The van der Waals surface area contributed by atoms with Gasteiger partial charge in [0.1, 0.15) is 6.04 Å². The number of aliphatic carboxylic acids is 1. The van der Waals surface area contributed by atoms with Crippen molar-refractivity contribution in [2.75, 3.05) is 20.6 Å². The van der Waals surface area contributed by atoms with Gasteiger partial charge in [0.2, 0.25) is 5.91 Å². The monoisotopic (exact) mass is 438 g/mol. The summed E-state index contributed by atoms with van der Waals surface area (Å²) in [6.07, 6.45) is 24.4. The van der Waals surface area contributed by atoms with Crippen molar-refractivity contribution >= 4 is 11.9 Å². The second kappa shape index (κ2) is 21.9. The number of carboxylic acids is 1. The molecular weight excluding hydrogens is 388 g/mol. The van der Waals surface area contributed by atoms with Crippen LogP contribution in [0.5, 0.6) is 0 Å². The van der Waals surface area contributed by atoms with Crippen LogP contribution in [0.25, 0.3) is 0 Å². The number of rotatable bonds is 22. The first-order valence-electron chi connectivity index (χ1n) is 12.8. The fourth-order valence-electron chi connectivity index (χ4n) is 3.81. The lowest BCUT2D eigenvalue weighted by Gasteiger charge is -2.19. The van der Waals surface area contributed by atoms with E-state index in [0.717, 1.165) is 25.7 Å². The van der Waals surface area contributed by atoms with Crippen molar-refractivity contribution in [1.29, 1.82) is 0 Å². The van der Waals surface area contributed by atoms with Gasteiger partial charge >= 0.3 is 5.97 Å². The molecule has 0 unspecified atom stereocenters. The van der Waals surface area contributed by atoms with Crippen LogP contribution in [0.4, 0.5) is 0 Å². The Bertz CT molecular complexity index is 464. The average molecular weight is 439 g/mol. The largest absolute Gasteiger partial charge is 0.480 e. The van der Waals surface area contributed by atoms with Gasteiger partial charge in [-0.3, -0.25) is 14.5 Å². The van der Waals surface area contributed by atoms with Crippen LogP contribution in [0.1, 0.15) is 116 Å². The molecule has 0 saturated carbocycles. The van der Waals surface area contributed by atoms with E-state index in [9.17, 15) is 9.59 Å². The van der Waals surface area contributed by atoms with Crippen LogP contribution < -0.4 is 5.32 Å². The third-order valence-electron chi connectivity index (χ3n) is 5.86. The highest BCUT2D eigenvalue weighted by atomic mass is 16.4. The summed E-state index contributed by atoms with van der Waals surface area (Å²) in [6.45, 7) is 2.87. The molecule has 0 rings (SSSR count). The first-order valence-corrected chi connectivity index (χ1v) is 12.8. The lowest BCUT2D eigenvalue weighted by molar-refractivity contribution is -0.142. The maximum atomic E-state index is 11.8. The number of nitrogens with one attached hydrogen (secondary N) is 1. The molecule has 0 aromatic carbocycles. The van der Waals surface area contributed by atoms with Gasteiger partial charge in [-0.15, -0.1) is 0 Å². The zero-order valence-corrected chi connectivity index (χ0v) is 20.7. The number of carboxylic acid groups (broad SMARTS) is 1. The van der Waals surface area contributed by atoms with Crippen LogP contribution in [0.3, 0.4) is 0 Å². The second-order valence-electron chi connectivity index (χ2n) is 9.04. The molecule has 0 heterocycles. The van der Waals surface area contributed by atoms with Gasteiger partial charge in [-0.05, 0) is 52.3 Å². The van der Waals surface area contributed by atoms with E-state index in [0.29, 0.717) is 13.0 Å². The summed E-state index contributed by atoms with van der Waals surface area (Å²) in [5.41, 5.74) is 0. The molecule has 0 aliphatic rings. The molecular formula is C26H50N2O3. The van der Waals surface area contributed by atoms with E-state index < -0.39 is 12.0 Å². The Morgan fingerprint density at radius 1 is 0.806 bits per heavy atom. The number of likely N-dealkylation sites (N-methyl/N-ethyl adjacent to an activating group) is 1. The van der Waals surface area contributed by atoms with Gasteiger partial charge < -0.3 is 10.4 Å². The highest BCUT2D eigenvalue weighted by Gasteiger charge is 2.18. The van der Waals surface area contributed by atoms with Crippen LogP contribution in [-0.4, -0.2) is 48.6 Å². The number of hydrogen-bond acceptors (Lipinski definition) is 3. The molecule has 182 valence electrons. The van der Waals surface area contributed by atoms with Crippen molar-refractivity contribution in [2.45, 2.75) is 122 Å². The highest BCUT2D eigenvalue weighted by molar-refractivity contribution is 5.87. The lowest BCUT2D eigenvalue weighted by atomic mass is 10.0. The van der Waals surface area contributed by atoms with E-state index in [1.807, 2.05) is 6.08 Å². The second-order valence-corrected chi connectivity index (χ2v) is 9.04. The van der Waals surface area contributed by atoms with Crippen LogP contribution >= 0.6 is 0 Å². The van der Waals surface area contributed by atoms with Gasteiger partial charge in [0, 0.05) is 6.54 Å². The minimum absolute atomic E-state index is 0.0444.